The van der Waals surface area contributed by atoms with Crippen LogP contribution in [0.15, 0.2) is 30.3 Å². The lowest BCUT2D eigenvalue weighted by Gasteiger charge is -2.55. The Hall–Kier alpha value is -2.80. The summed E-state index contributed by atoms with van der Waals surface area (Å²) in [5.74, 6) is -1.94. The number of alkyl halides is 3. The molecule has 0 radical (unpaired) electrons. The van der Waals surface area contributed by atoms with Gasteiger partial charge in [-0.25, -0.2) is 4.79 Å². The van der Waals surface area contributed by atoms with Gasteiger partial charge in [-0.3, -0.25) is 9.69 Å². The fourth-order valence-electron chi connectivity index (χ4n) is 5.65. The number of piperidine rings is 1. The molecule has 2 aliphatic heterocycles. The minimum absolute atomic E-state index is 0.0511. The summed E-state index contributed by atoms with van der Waals surface area (Å²) in [5, 5.41) is 9.51. The van der Waals surface area contributed by atoms with Gasteiger partial charge in [0.15, 0.2) is 0 Å². The fraction of sp³-hybridized carbons (Fsp3) is 0.667. The van der Waals surface area contributed by atoms with Gasteiger partial charge in [-0.05, 0) is 45.6 Å². The minimum Gasteiger partial charge on any atom is -0.444 e. The summed E-state index contributed by atoms with van der Waals surface area (Å²) in [5.41, 5.74) is -0.0640. The van der Waals surface area contributed by atoms with Crippen molar-refractivity contribution in [2.24, 2.45) is 5.92 Å². The average molecular weight is 521 g/mol. The van der Waals surface area contributed by atoms with E-state index in [1.165, 1.54) is 0 Å². The third-order valence-corrected chi connectivity index (χ3v) is 7.73. The summed E-state index contributed by atoms with van der Waals surface area (Å²) in [4.78, 5) is 29.6. The number of amides is 2. The van der Waals surface area contributed by atoms with Crippen LogP contribution in [0, 0.1) is 17.2 Å². The van der Waals surface area contributed by atoms with Crippen molar-refractivity contribution in [3.63, 3.8) is 0 Å². The number of carbonyl (C=O) groups excluding carboxylic acids is 2. The van der Waals surface area contributed by atoms with E-state index in [2.05, 4.69) is 11.0 Å². The van der Waals surface area contributed by atoms with Gasteiger partial charge in [-0.1, -0.05) is 30.3 Å². The first-order valence-corrected chi connectivity index (χ1v) is 12.9. The maximum absolute atomic E-state index is 13.4. The molecule has 4 rings (SSSR count). The Kier molecular flexibility index (Phi) is 7.48. The molecule has 1 aromatic rings. The van der Waals surface area contributed by atoms with Crippen LogP contribution in [0.1, 0.15) is 57.9 Å². The van der Waals surface area contributed by atoms with Crippen LogP contribution >= 0.6 is 0 Å². The van der Waals surface area contributed by atoms with E-state index in [1.807, 2.05) is 51.1 Å². The first-order valence-electron chi connectivity index (χ1n) is 12.9. The molecular weight excluding hydrogens is 485 g/mol. The van der Waals surface area contributed by atoms with E-state index in [0.717, 1.165) is 10.5 Å². The van der Waals surface area contributed by atoms with E-state index in [9.17, 15) is 28.0 Å². The van der Waals surface area contributed by atoms with Crippen molar-refractivity contribution >= 4 is 12.0 Å². The highest BCUT2D eigenvalue weighted by Gasteiger charge is 2.54. The van der Waals surface area contributed by atoms with Crippen molar-refractivity contribution in [3.8, 4) is 6.07 Å². The van der Waals surface area contributed by atoms with Crippen LogP contribution in [-0.4, -0.2) is 82.8 Å². The average Bonchev–Trinajstić information content (AvgIpc) is 3.58. The van der Waals surface area contributed by atoms with E-state index >= 15 is 0 Å². The molecule has 0 spiro atoms. The predicted molar refractivity (Wildman–Crippen MR) is 130 cm³/mol. The Morgan fingerprint density at radius 1 is 1.14 bits per heavy atom. The lowest BCUT2D eigenvalue weighted by Crippen LogP contribution is -2.65. The second kappa shape index (κ2) is 10.2. The molecule has 2 amide bonds. The van der Waals surface area contributed by atoms with Gasteiger partial charge in [0.05, 0.1) is 12.5 Å². The number of hydrogen-bond donors (Lipinski definition) is 0. The normalized spacial score (nSPS) is 24.1. The van der Waals surface area contributed by atoms with Crippen molar-refractivity contribution in [1.29, 1.82) is 5.26 Å². The molecule has 0 N–H and O–H groups in total. The second-order valence-corrected chi connectivity index (χ2v) is 11.6. The fourth-order valence-corrected chi connectivity index (χ4v) is 5.65. The zero-order chi connectivity index (χ0) is 27.0. The van der Waals surface area contributed by atoms with Crippen LogP contribution in [0.2, 0.25) is 0 Å². The molecule has 2 atom stereocenters. The number of hydrogen-bond acceptors (Lipinski definition) is 5. The Morgan fingerprint density at radius 2 is 1.76 bits per heavy atom. The molecule has 2 unspecified atom stereocenters. The highest BCUT2D eigenvalue weighted by Crippen LogP contribution is 2.47. The van der Waals surface area contributed by atoms with E-state index in [0.29, 0.717) is 45.4 Å². The van der Waals surface area contributed by atoms with Crippen LogP contribution in [0.25, 0.3) is 0 Å². The Morgan fingerprint density at radius 3 is 2.30 bits per heavy atom. The lowest BCUT2D eigenvalue weighted by molar-refractivity contribution is -0.188. The Balaban J connectivity index is 1.37. The molecule has 0 aromatic heterocycles. The van der Waals surface area contributed by atoms with Crippen LogP contribution in [-0.2, 0) is 9.53 Å². The van der Waals surface area contributed by atoms with Crippen LogP contribution in [0.3, 0.4) is 0 Å². The zero-order valence-corrected chi connectivity index (χ0v) is 21.6. The smallest absolute Gasteiger partial charge is 0.444 e. The SMILES string of the molecule is CC(C)(C)OC(=O)N1CCC(CC#N)(N2CC(CN(C(=O)C(F)(F)F)C3CC3c3ccccc3)C2)CC1. The quantitative estimate of drug-likeness (QED) is 0.550. The molecule has 37 heavy (non-hydrogen) atoms. The Bertz CT molecular complexity index is 1020. The monoisotopic (exact) mass is 520 g/mol. The molecule has 7 nitrogen and oxygen atoms in total. The van der Waals surface area contributed by atoms with E-state index < -0.39 is 29.3 Å². The van der Waals surface area contributed by atoms with Gasteiger partial charge in [-0.15, -0.1) is 0 Å². The van der Waals surface area contributed by atoms with Crippen LogP contribution in [0.5, 0.6) is 0 Å². The number of benzene rings is 1. The molecule has 3 aliphatic rings. The zero-order valence-electron chi connectivity index (χ0n) is 21.6. The van der Waals surface area contributed by atoms with E-state index in [4.69, 9.17) is 4.74 Å². The van der Waals surface area contributed by atoms with Gasteiger partial charge in [0.1, 0.15) is 5.60 Å². The van der Waals surface area contributed by atoms with Crippen LogP contribution in [0.4, 0.5) is 18.0 Å². The maximum Gasteiger partial charge on any atom is 0.471 e. The van der Waals surface area contributed by atoms with Gasteiger partial charge < -0.3 is 14.5 Å². The van der Waals surface area contributed by atoms with Gasteiger partial charge in [0, 0.05) is 56.1 Å². The van der Waals surface area contributed by atoms with E-state index in [1.54, 1.807) is 4.90 Å². The third kappa shape index (κ3) is 6.20. The van der Waals surface area contributed by atoms with Crippen molar-refractivity contribution in [3.05, 3.63) is 35.9 Å². The summed E-state index contributed by atoms with van der Waals surface area (Å²) in [6.45, 7) is 7.45. The highest BCUT2D eigenvalue weighted by atomic mass is 19.4. The molecule has 3 fully saturated rings. The number of likely N-dealkylation sites (tertiary alicyclic amines) is 2. The minimum atomic E-state index is -4.91. The standard InChI is InChI=1S/C27H35F3N4O3/c1-25(2,3)37-24(36)32-13-10-26(9-12-31,11-14-32)33-16-19(17-33)18-34(23(35)27(28,29)30)22-15-21(22)20-7-5-4-6-8-20/h4-8,19,21-22H,9-11,13-18H2,1-3H3. The van der Waals surface area contributed by atoms with Crippen molar-refractivity contribution in [2.75, 3.05) is 32.7 Å². The number of ether oxygens (including phenoxy) is 1. The van der Waals surface area contributed by atoms with Gasteiger partial charge in [0.2, 0.25) is 0 Å². The Labute approximate surface area is 216 Å². The summed E-state index contributed by atoms with van der Waals surface area (Å²) >= 11 is 0. The molecule has 1 aromatic carbocycles. The molecule has 1 aliphatic carbocycles. The highest BCUT2D eigenvalue weighted by molar-refractivity contribution is 5.82. The molecular formula is C27H35F3N4O3. The molecule has 202 valence electrons. The summed E-state index contributed by atoms with van der Waals surface area (Å²) in [7, 11) is 0. The predicted octanol–water partition coefficient (Wildman–Crippen LogP) is 4.55. The summed E-state index contributed by atoms with van der Waals surface area (Å²) in [6, 6.07) is 11.2. The topological polar surface area (TPSA) is 76.9 Å². The molecule has 0 bridgehead atoms. The number of carbonyl (C=O) groups is 2. The van der Waals surface area contributed by atoms with E-state index in [-0.39, 0.29) is 30.9 Å². The first-order chi connectivity index (χ1) is 17.3. The number of halogens is 3. The van der Waals surface area contributed by atoms with Crippen LogP contribution < -0.4 is 0 Å². The van der Waals surface area contributed by atoms with Crippen molar-refractivity contribution in [2.45, 2.75) is 75.7 Å². The second-order valence-electron chi connectivity index (χ2n) is 11.6. The molecule has 2 saturated heterocycles. The van der Waals surface area contributed by atoms with Gasteiger partial charge >= 0.3 is 18.2 Å². The number of nitrogens with zero attached hydrogens (tertiary/aromatic N) is 4. The van der Waals surface area contributed by atoms with Crippen molar-refractivity contribution < 1.29 is 27.5 Å². The van der Waals surface area contributed by atoms with Crippen molar-refractivity contribution in [1.82, 2.24) is 14.7 Å². The maximum atomic E-state index is 13.4. The lowest BCUT2D eigenvalue weighted by atomic mass is 9.79. The third-order valence-electron chi connectivity index (χ3n) is 7.73. The molecule has 2 heterocycles. The largest absolute Gasteiger partial charge is 0.471 e. The molecule has 1 saturated carbocycles. The van der Waals surface area contributed by atoms with Gasteiger partial charge in [-0.2, -0.15) is 18.4 Å². The van der Waals surface area contributed by atoms with Gasteiger partial charge in [0.25, 0.3) is 0 Å². The first kappa shape index (κ1) is 27.2. The number of nitriles is 1. The molecule has 10 heteroatoms. The summed E-state index contributed by atoms with van der Waals surface area (Å²) < 4.78 is 45.8. The number of rotatable bonds is 6. The summed E-state index contributed by atoms with van der Waals surface area (Å²) in [6.07, 6.45) is -3.29.